The van der Waals surface area contributed by atoms with Gasteiger partial charge in [0, 0.05) is 24.3 Å². The number of hydrogen-bond acceptors (Lipinski definition) is 4. The number of aromatic nitrogens is 2. The largest absolute Gasteiger partial charge is 0.497 e. The molecule has 1 atom stereocenters. The zero-order valence-corrected chi connectivity index (χ0v) is 17.1. The third kappa shape index (κ3) is 4.78. The molecule has 0 spiro atoms. The van der Waals surface area contributed by atoms with E-state index in [4.69, 9.17) is 9.84 Å². The molecule has 1 aliphatic heterocycles. The Labute approximate surface area is 176 Å². The first-order chi connectivity index (χ1) is 13.7. The van der Waals surface area contributed by atoms with Crippen molar-refractivity contribution in [3.05, 3.63) is 66.4 Å². The Hall–Kier alpha value is -2.83. The van der Waals surface area contributed by atoms with E-state index in [0.717, 1.165) is 42.9 Å². The summed E-state index contributed by atoms with van der Waals surface area (Å²) >= 11 is 0. The molecule has 7 heteroatoms. The Bertz CT molecular complexity index is 935. The number of rotatable bonds is 5. The fraction of sp³-hybridized carbons (Fsp3) is 0.273. The Morgan fingerprint density at radius 3 is 2.59 bits per heavy atom. The van der Waals surface area contributed by atoms with Crippen LogP contribution in [0.5, 0.6) is 5.75 Å². The molecule has 3 aromatic rings. The second-order valence-corrected chi connectivity index (χ2v) is 6.92. The van der Waals surface area contributed by atoms with Gasteiger partial charge in [0.2, 0.25) is 0 Å². The van der Waals surface area contributed by atoms with Crippen LogP contribution in [0.1, 0.15) is 23.2 Å². The number of carbonyl (C=O) groups excluding carboxylic acids is 1. The van der Waals surface area contributed by atoms with Crippen molar-refractivity contribution in [3.8, 4) is 22.7 Å². The maximum Gasteiger partial charge on any atom is 0.255 e. The van der Waals surface area contributed by atoms with Gasteiger partial charge in [-0.25, -0.2) is 4.68 Å². The minimum absolute atomic E-state index is 0. The fourth-order valence-electron chi connectivity index (χ4n) is 3.45. The second-order valence-electron chi connectivity index (χ2n) is 6.92. The van der Waals surface area contributed by atoms with Crippen LogP contribution < -0.4 is 15.4 Å². The normalized spacial score (nSPS) is 16.0. The van der Waals surface area contributed by atoms with Crippen LogP contribution in [0.3, 0.4) is 0 Å². The lowest BCUT2D eigenvalue weighted by atomic mass is 10.1. The predicted octanol–water partition coefficient (Wildman–Crippen LogP) is 3.45. The van der Waals surface area contributed by atoms with Gasteiger partial charge in [-0.3, -0.25) is 4.79 Å². The molecule has 4 rings (SSSR count). The predicted molar refractivity (Wildman–Crippen MR) is 116 cm³/mol. The molecule has 152 valence electrons. The summed E-state index contributed by atoms with van der Waals surface area (Å²) in [6.45, 7) is 1.81. The van der Waals surface area contributed by atoms with Crippen molar-refractivity contribution >= 4 is 18.3 Å². The molecule has 0 radical (unpaired) electrons. The molecule has 2 N–H and O–H groups in total. The maximum absolute atomic E-state index is 13.1. The van der Waals surface area contributed by atoms with E-state index in [0.29, 0.717) is 11.3 Å². The summed E-state index contributed by atoms with van der Waals surface area (Å²) in [5, 5.41) is 11.2. The lowest BCUT2D eigenvalue weighted by Crippen LogP contribution is -2.45. The van der Waals surface area contributed by atoms with Gasteiger partial charge in [-0.2, -0.15) is 5.10 Å². The van der Waals surface area contributed by atoms with E-state index in [2.05, 4.69) is 10.6 Å². The van der Waals surface area contributed by atoms with Gasteiger partial charge < -0.3 is 15.4 Å². The minimum Gasteiger partial charge on any atom is -0.497 e. The van der Waals surface area contributed by atoms with E-state index in [1.807, 2.05) is 54.6 Å². The molecule has 0 aliphatic carbocycles. The van der Waals surface area contributed by atoms with Crippen LogP contribution in [-0.2, 0) is 0 Å². The van der Waals surface area contributed by atoms with Gasteiger partial charge >= 0.3 is 0 Å². The topological polar surface area (TPSA) is 68.2 Å². The molecule has 0 bridgehead atoms. The van der Waals surface area contributed by atoms with Crippen molar-refractivity contribution in [2.45, 2.75) is 18.9 Å². The number of ether oxygens (including phenoxy) is 1. The smallest absolute Gasteiger partial charge is 0.255 e. The van der Waals surface area contributed by atoms with Gasteiger partial charge in [-0.15, -0.1) is 12.4 Å². The Morgan fingerprint density at radius 2 is 1.93 bits per heavy atom. The number of benzene rings is 2. The van der Waals surface area contributed by atoms with Crippen LogP contribution in [0.4, 0.5) is 0 Å². The molecule has 6 nitrogen and oxygen atoms in total. The Balaban J connectivity index is 0.00000240. The van der Waals surface area contributed by atoms with Crippen LogP contribution in [0.15, 0.2) is 60.8 Å². The zero-order valence-electron chi connectivity index (χ0n) is 16.3. The van der Waals surface area contributed by atoms with E-state index in [1.54, 1.807) is 18.0 Å². The molecule has 1 fully saturated rings. The first-order valence-corrected chi connectivity index (χ1v) is 9.55. The van der Waals surface area contributed by atoms with Crippen LogP contribution in [0.2, 0.25) is 0 Å². The summed E-state index contributed by atoms with van der Waals surface area (Å²) in [6.07, 6.45) is 3.86. The van der Waals surface area contributed by atoms with Gasteiger partial charge in [-0.05, 0) is 55.8 Å². The van der Waals surface area contributed by atoms with Gasteiger partial charge in [0.05, 0.1) is 18.4 Å². The lowest BCUT2D eigenvalue weighted by Gasteiger charge is -2.23. The summed E-state index contributed by atoms with van der Waals surface area (Å²) in [4.78, 5) is 13.1. The molecular weight excluding hydrogens is 388 g/mol. The first-order valence-electron chi connectivity index (χ1n) is 9.55. The number of piperidine rings is 1. The molecule has 1 aromatic heterocycles. The number of amides is 1. The number of para-hydroxylation sites is 1. The summed E-state index contributed by atoms with van der Waals surface area (Å²) in [5.41, 5.74) is 3.02. The van der Waals surface area contributed by atoms with Crippen molar-refractivity contribution < 1.29 is 9.53 Å². The molecule has 1 amide bonds. The molecule has 1 saturated heterocycles. The van der Waals surface area contributed by atoms with Crippen LogP contribution in [0, 0.1) is 0 Å². The van der Waals surface area contributed by atoms with E-state index >= 15 is 0 Å². The molecular formula is C22H25ClN4O2. The SMILES string of the molecule is COc1ccc(-c2nn(-c3ccccc3)cc2C(=O)N[C@H]2CCCNC2)cc1.Cl. The summed E-state index contributed by atoms with van der Waals surface area (Å²) in [6, 6.07) is 17.6. The van der Waals surface area contributed by atoms with E-state index in [9.17, 15) is 4.79 Å². The van der Waals surface area contributed by atoms with Crippen LogP contribution in [0.25, 0.3) is 16.9 Å². The standard InChI is InChI=1S/C22H24N4O2.ClH/c1-28-19-11-9-16(10-12-19)21-20(22(27)24-17-6-5-13-23-14-17)15-26(25-21)18-7-3-2-4-8-18;/h2-4,7-12,15,17,23H,5-6,13-14H2,1H3,(H,24,27);1H/t17-;/m0./s1. The van der Waals surface area contributed by atoms with Crippen molar-refractivity contribution in [2.24, 2.45) is 0 Å². The van der Waals surface area contributed by atoms with Crippen molar-refractivity contribution in [1.29, 1.82) is 0 Å². The van der Waals surface area contributed by atoms with Gasteiger partial charge in [0.15, 0.2) is 0 Å². The number of halogens is 1. The fourth-order valence-corrected chi connectivity index (χ4v) is 3.45. The molecule has 2 aromatic carbocycles. The monoisotopic (exact) mass is 412 g/mol. The number of nitrogens with one attached hydrogen (secondary N) is 2. The first kappa shape index (κ1) is 20.9. The maximum atomic E-state index is 13.1. The number of nitrogens with zero attached hydrogens (tertiary/aromatic N) is 2. The number of hydrogen-bond donors (Lipinski definition) is 2. The van der Waals surface area contributed by atoms with Gasteiger partial charge in [0.25, 0.3) is 5.91 Å². The lowest BCUT2D eigenvalue weighted by molar-refractivity contribution is 0.0931. The van der Waals surface area contributed by atoms with Crippen molar-refractivity contribution in [1.82, 2.24) is 20.4 Å². The molecule has 0 unspecified atom stereocenters. The zero-order chi connectivity index (χ0) is 19.3. The highest BCUT2D eigenvalue weighted by Crippen LogP contribution is 2.26. The highest BCUT2D eigenvalue weighted by atomic mass is 35.5. The number of carbonyl (C=O) groups is 1. The highest BCUT2D eigenvalue weighted by Gasteiger charge is 2.22. The minimum atomic E-state index is -0.0956. The van der Waals surface area contributed by atoms with Crippen molar-refractivity contribution in [3.63, 3.8) is 0 Å². The van der Waals surface area contributed by atoms with Crippen LogP contribution in [-0.4, -0.2) is 41.9 Å². The Morgan fingerprint density at radius 1 is 1.17 bits per heavy atom. The van der Waals surface area contributed by atoms with Gasteiger partial charge in [0.1, 0.15) is 11.4 Å². The van der Waals surface area contributed by atoms with E-state index in [1.165, 1.54) is 0 Å². The second kappa shape index (κ2) is 9.58. The molecule has 29 heavy (non-hydrogen) atoms. The summed E-state index contributed by atoms with van der Waals surface area (Å²) < 4.78 is 7.00. The van der Waals surface area contributed by atoms with Gasteiger partial charge in [-0.1, -0.05) is 18.2 Å². The van der Waals surface area contributed by atoms with E-state index in [-0.39, 0.29) is 24.4 Å². The third-order valence-electron chi connectivity index (χ3n) is 4.98. The molecule has 0 saturated carbocycles. The quantitative estimate of drug-likeness (QED) is 0.673. The molecule has 2 heterocycles. The third-order valence-corrected chi connectivity index (χ3v) is 4.98. The van der Waals surface area contributed by atoms with E-state index < -0.39 is 0 Å². The average Bonchev–Trinajstić information content (AvgIpc) is 3.21. The highest BCUT2D eigenvalue weighted by molar-refractivity contribution is 6.00. The summed E-state index contributed by atoms with van der Waals surface area (Å²) in [7, 11) is 1.64. The number of methoxy groups -OCH3 is 1. The molecule has 1 aliphatic rings. The Kier molecular flexibility index (Phi) is 6.90. The van der Waals surface area contributed by atoms with Crippen molar-refractivity contribution in [2.75, 3.05) is 20.2 Å². The summed E-state index contributed by atoms with van der Waals surface area (Å²) in [5.74, 6) is 0.673. The average molecular weight is 413 g/mol. The van der Waals surface area contributed by atoms with Crippen LogP contribution >= 0.6 is 12.4 Å².